The molecule has 1 rings (SSSR count). The maximum atomic E-state index is 9.89. The van der Waals surface area contributed by atoms with Gasteiger partial charge in [0.05, 0.1) is 25.4 Å². The molecule has 0 saturated carbocycles. The quantitative estimate of drug-likeness (QED) is 0.760. The molecular weight excluding hydrogens is 240 g/mol. The Morgan fingerprint density at radius 3 is 2.26 bits per heavy atom. The molecule has 108 valence electrons. The summed E-state index contributed by atoms with van der Waals surface area (Å²) >= 11 is 0. The average molecular weight is 266 g/mol. The minimum Gasteiger partial charge on any atom is -0.394 e. The monoisotopic (exact) mass is 266 g/mol. The van der Waals surface area contributed by atoms with Crippen LogP contribution < -0.4 is 0 Å². The van der Waals surface area contributed by atoms with E-state index in [1.807, 2.05) is 51.1 Å². The van der Waals surface area contributed by atoms with Crippen LogP contribution in [0.15, 0.2) is 30.3 Å². The van der Waals surface area contributed by atoms with Crippen molar-refractivity contribution in [2.24, 2.45) is 11.8 Å². The number of benzene rings is 1. The Hall–Kier alpha value is -0.900. The highest BCUT2D eigenvalue weighted by Gasteiger charge is 2.27. The van der Waals surface area contributed by atoms with Crippen LogP contribution in [0.5, 0.6) is 0 Å². The molecule has 0 unspecified atom stereocenters. The van der Waals surface area contributed by atoms with E-state index in [0.717, 1.165) is 12.0 Å². The lowest BCUT2D eigenvalue weighted by Gasteiger charge is -2.30. The molecule has 3 nitrogen and oxygen atoms in total. The highest BCUT2D eigenvalue weighted by molar-refractivity contribution is 5.13. The van der Waals surface area contributed by atoms with E-state index in [0.29, 0.717) is 6.61 Å². The topological polar surface area (TPSA) is 49.7 Å². The van der Waals surface area contributed by atoms with E-state index in [2.05, 4.69) is 0 Å². The molecule has 0 bridgehead atoms. The van der Waals surface area contributed by atoms with Crippen LogP contribution in [-0.4, -0.2) is 29.0 Å². The zero-order chi connectivity index (χ0) is 14.3. The van der Waals surface area contributed by atoms with Crippen molar-refractivity contribution in [3.05, 3.63) is 35.9 Å². The minimum absolute atomic E-state index is 0.0191. The molecule has 2 N–H and O–H groups in total. The zero-order valence-electron chi connectivity index (χ0n) is 12.1. The van der Waals surface area contributed by atoms with Crippen LogP contribution in [0.2, 0.25) is 0 Å². The average Bonchev–Trinajstić information content (AvgIpc) is 2.47. The van der Waals surface area contributed by atoms with Crippen LogP contribution in [0.1, 0.15) is 32.8 Å². The first-order valence-corrected chi connectivity index (χ1v) is 7.04. The smallest absolute Gasteiger partial charge is 0.0839 e. The van der Waals surface area contributed by atoms with E-state index in [1.165, 1.54) is 0 Å². The van der Waals surface area contributed by atoms with Gasteiger partial charge in [-0.3, -0.25) is 0 Å². The SMILES string of the molecule is CC[C@@H](O)[C@@H](C)[C@H](C)[C@H](CO)OCc1ccccc1. The van der Waals surface area contributed by atoms with E-state index in [9.17, 15) is 10.2 Å². The maximum Gasteiger partial charge on any atom is 0.0839 e. The molecule has 0 heterocycles. The Balaban J connectivity index is 2.53. The largest absolute Gasteiger partial charge is 0.394 e. The lowest BCUT2D eigenvalue weighted by molar-refractivity contribution is -0.0590. The van der Waals surface area contributed by atoms with E-state index < -0.39 is 0 Å². The van der Waals surface area contributed by atoms with Crippen LogP contribution in [0.4, 0.5) is 0 Å². The Morgan fingerprint density at radius 2 is 1.74 bits per heavy atom. The number of ether oxygens (including phenoxy) is 1. The van der Waals surface area contributed by atoms with Gasteiger partial charge in [-0.15, -0.1) is 0 Å². The molecule has 0 aliphatic carbocycles. The predicted molar refractivity (Wildman–Crippen MR) is 76.7 cm³/mol. The predicted octanol–water partition coefficient (Wildman–Crippen LogP) is 2.61. The summed E-state index contributed by atoms with van der Waals surface area (Å²) in [6.07, 6.45) is 0.142. The second-order valence-electron chi connectivity index (χ2n) is 5.21. The Labute approximate surface area is 116 Å². The molecule has 3 heteroatoms. The summed E-state index contributed by atoms with van der Waals surface area (Å²) in [5, 5.41) is 19.4. The lowest BCUT2D eigenvalue weighted by atomic mass is 9.85. The number of rotatable bonds is 8. The summed E-state index contributed by atoms with van der Waals surface area (Å²) < 4.78 is 5.79. The molecule has 0 aromatic heterocycles. The molecule has 4 atom stereocenters. The van der Waals surface area contributed by atoms with Gasteiger partial charge < -0.3 is 14.9 Å². The number of hydrogen-bond acceptors (Lipinski definition) is 3. The van der Waals surface area contributed by atoms with Gasteiger partial charge in [-0.2, -0.15) is 0 Å². The normalized spacial score (nSPS) is 17.7. The van der Waals surface area contributed by atoms with Gasteiger partial charge in [0, 0.05) is 0 Å². The zero-order valence-corrected chi connectivity index (χ0v) is 12.1. The molecule has 0 amide bonds. The number of aliphatic hydroxyl groups is 2. The van der Waals surface area contributed by atoms with Gasteiger partial charge >= 0.3 is 0 Å². The van der Waals surface area contributed by atoms with E-state index in [1.54, 1.807) is 0 Å². The standard InChI is InChI=1S/C16H26O3/c1-4-15(18)12(2)13(3)16(10-17)19-11-14-8-6-5-7-9-14/h5-9,12-13,15-18H,4,10-11H2,1-3H3/t12-,13-,15+,16-/m0/s1. The van der Waals surface area contributed by atoms with Gasteiger partial charge in [-0.1, -0.05) is 51.1 Å². The summed E-state index contributed by atoms with van der Waals surface area (Å²) in [4.78, 5) is 0. The Kier molecular flexibility index (Phi) is 7.06. The molecule has 0 aliphatic rings. The van der Waals surface area contributed by atoms with Crippen molar-refractivity contribution in [2.45, 2.75) is 46.0 Å². The van der Waals surface area contributed by atoms with Crippen molar-refractivity contribution >= 4 is 0 Å². The first kappa shape index (κ1) is 16.2. The fourth-order valence-electron chi connectivity index (χ4n) is 2.21. The molecule has 0 fully saturated rings. The second-order valence-corrected chi connectivity index (χ2v) is 5.21. The van der Waals surface area contributed by atoms with Crippen molar-refractivity contribution < 1.29 is 14.9 Å². The summed E-state index contributed by atoms with van der Waals surface area (Å²) in [5.74, 6) is 0.224. The molecule has 1 aromatic carbocycles. The van der Waals surface area contributed by atoms with Crippen molar-refractivity contribution in [3.8, 4) is 0 Å². The van der Waals surface area contributed by atoms with E-state index in [4.69, 9.17) is 4.74 Å². The van der Waals surface area contributed by atoms with Gasteiger partial charge in [0.15, 0.2) is 0 Å². The van der Waals surface area contributed by atoms with Crippen molar-refractivity contribution in [1.82, 2.24) is 0 Å². The number of aliphatic hydroxyl groups excluding tert-OH is 2. The third-order valence-electron chi connectivity index (χ3n) is 3.93. The molecule has 0 radical (unpaired) electrons. The van der Waals surface area contributed by atoms with Gasteiger partial charge in [0.2, 0.25) is 0 Å². The molecule has 0 saturated heterocycles. The highest BCUT2D eigenvalue weighted by atomic mass is 16.5. The van der Waals surface area contributed by atoms with Gasteiger partial charge in [0.25, 0.3) is 0 Å². The van der Waals surface area contributed by atoms with Crippen LogP contribution >= 0.6 is 0 Å². The molecule has 1 aromatic rings. The lowest BCUT2D eigenvalue weighted by Crippen LogP contribution is -2.35. The van der Waals surface area contributed by atoms with Crippen molar-refractivity contribution in [2.75, 3.05) is 6.61 Å². The van der Waals surface area contributed by atoms with Crippen LogP contribution in [-0.2, 0) is 11.3 Å². The fourth-order valence-corrected chi connectivity index (χ4v) is 2.21. The number of hydrogen-bond donors (Lipinski definition) is 2. The van der Waals surface area contributed by atoms with E-state index in [-0.39, 0.29) is 30.7 Å². The van der Waals surface area contributed by atoms with Crippen LogP contribution in [0.25, 0.3) is 0 Å². The maximum absolute atomic E-state index is 9.89. The Bertz CT molecular complexity index is 339. The molecule has 0 spiro atoms. The summed E-state index contributed by atoms with van der Waals surface area (Å²) in [6, 6.07) is 9.92. The summed E-state index contributed by atoms with van der Waals surface area (Å²) in [5.41, 5.74) is 1.09. The summed E-state index contributed by atoms with van der Waals surface area (Å²) in [6.45, 7) is 6.47. The minimum atomic E-state index is -0.343. The molecular formula is C16H26O3. The first-order chi connectivity index (χ1) is 9.10. The van der Waals surface area contributed by atoms with Crippen molar-refractivity contribution in [1.29, 1.82) is 0 Å². The van der Waals surface area contributed by atoms with Gasteiger partial charge in [-0.25, -0.2) is 0 Å². The van der Waals surface area contributed by atoms with Gasteiger partial charge in [-0.05, 0) is 23.8 Å². The third-order valence-corrected chi connectivity index (χ3v) is 3.93. The molecule has 0 aliphatic heterocycles. The van der Waals surface area contributed by atoms with Gasteiger partial charge in [0.1, 0.15) is 0 Å². The van der Waals surface area contributed by atoms with E-state index >= 15 is 0 Å². The second kappa shape index (κ2) is 8.31. The summed E-state index contributed by atoms with van der Waals surface area (Å²) in [7, 11) is 0. The third kappa shape index (κ3) is 4.94. The van der Waals surface area contributed by atoms with Crippen LogP contribution in [0, 0.1) is 11.8 Å². The van der Waals surface area contributed by atoms with Crippen molar-refractivity contribution in [3.63, 3.8) is 0 Å². The Morgan fingerprint density at radius 1 is 1.11 bits per heavy atom. The first-order valence-electron chi connectivity index (χ1n) is 7.04. The molecule has 19 heavy (non-hydrogen) atoms. The highest BCUT2D eigenvalue weighted by Crippen LogP contribution is 2.23. The van der Waals surface area contributed by atoms with Crippen LogP contribution in [0.3, 0.4) is 0 Å². The fraction of sp³-hybridized carbons (Fsp3) is 0.625.